The van der Waals surface area contributed by atoms with Crippen LogP contribution in [0, 0.1) is 34.5 Å². The monoisotopic (exact) mass is 423 g/mol. The molecule has 2 saturated carbocycles. The molecule has 1 aromatic carbocycles. The molecular formula is C29H45NO. The van der Waals surface area contributed by atoms with Crippen LogP contribution < -0.4 is 0 Å². The van der Waals surface area contributed by atoms with E-state index in [1.54, 1.807) is 0 Å². The SMILES string of the molecule is C.C=C(c1cccc(C(C)C#N)c1)C1CCCC([C@]2(C)CC(=O)CC(=C)C2C)C1.CC.[HH]. The second-order valence-electron chi connectivity index (χ2n) is 9.34. The molecule has 0 aliphatic heterocycles. The van der Waals surface area contributed by atoms with Crippen molar-refractivity contribution in [3.63, 3.8) is 0 Å². The standard InChI is InChI=1S/C26H33NO.C2H6.CH4.H2/c1-17-12-25(28)15-26(5,20(17)4)24-11-7-10-23(14-24)19(3)22-9-6-8-21(13-22)18(2)16-27;1-2;;/h6,8-9,13,18,20,23-24H,1,3,7,10-12,14-15H2,2,4-5H3;1-2H3;1H4;1H/t18?,20?,23?,24?,26-;;;/m1.../s1. The number of hydrogen-bond acceptors (Lipinski definition) is 2. The number of allylic oxidation sites excluding steroid dienone is 2. The zero-order chi connectivity index (χ0) is 22.5. The third-order valence-electron chi connectivity index (χ3n) is 7.65. The van der Waals surface area contributed by atoms with Gasteiger partial charge in [0.2, 0.25) is 0 Å². The number of carbonyl (C=O) groups is 1. The van der Waals surface area contributed by atoms with E-state index in [1.165, 1.54) is 18.4 Å². The topological polar surface area (TPSA) is 40.9 Å². The van der Waals surface area contributed by atoms with E-state index < -0.39 is 0 Å². The molecule has 2 fully saturated rings. The summed E-state index contributed by atoms with van der Waals surface area (Å²) in [4.78, 5) is 12.3. The number of nitriles is 1. The highest BCUT2D eigenvalue weighted by molar-refractivity contribution is 5.83. The Morgan fingerprint density at radius 1 is 1.32 bits per heavy atom. The molecule has 1 aromatic rings. The van der Waals surface area contributed by atoms with Crippen LogP contribution in [-0.2, 0) is 4.79 Å². The van der Waals surface area contributed by atoms with Gasteiger partial charge in [-0.15, -0.1) is 0 Å². The van der Waals surface area contributed by atoms with Gasteiger partial charge in [0.15, 0.2) is 0 Å². The second-order valence-corrected chi connectivity index (χ2v) is 9.34. The minimum atomic E-state index is -0.106. The van der Waals surface area contributed by atoms with Gasteiger partial charge in [0.05, 0.1) is 12.0 Å². The van der Waals surface area contributed by atoms with Gasteiger partial charge in [0.25, 0.3) is 0 Å². The summed E-state index contributed by atoms with van der Waals surface area (Å²) >= 11 is 0. The van der Waals surface area contributed by atoms with E-state index in [2.05, 4.69) is 45.2 Å². The van der Waals surface area contributed by atoms with E-state index in [0.717, 1.165) is 29.5 Å². The van der Waals surface area contributed by atoms with Crippen LogP contribution in [0.1, 0.15) is 99.0 Å². The van der Waals surface area contributed by atoms with Crippen molar-refractivity contribution in [3.8, 4) is 6.07 Å². The molecule has 0 aromatic heterocycles. The predicted octanol–water partition coefficient (Wildman–Crippen LogP) is 8.60. The van der Waals surface area contributed by atoms with E-state index in [4.69, 9.17) is 0 Å². The maximum atomic E-state index is 12.3. The fraction of sp³-hybridized carbons (Fsp3) is 0.586. The molecule has 0 amide bonds. The molecule has 2 nitrogen and oxygen atoms in total. The lowest BCUT2D eigenvalue weighted by atomic mass is 9.55. The summed E-state index contributed by atoms with van der Waals surface area (Å²) in [5.41, 5.74) is 4.53. The molecule has 0 heterocycles. The summed E-state index contributed by atoms with van der Waals surface area (Å²) in [5, 5.41) is 9.23. The van der Waals surface area contributed by atoms with Crippen molar-refractivity contribution in [1.29, 1.82) is 5.26 Å². The van der Waals surface area contributed by atoms with Gasteiger partial charge in [-0.05, 0) is 66.1 Å². The van der Waals surface area contributed by atoms with Crippen molar-refractivity contribution >= 4 is 11.4 Å². The lowest BCUT2D eigenvalue weighted by Crippen LogP contribution is -2.42. The summed E-state index contributed by atoms with van der Waals surface area (Å²) in [6.45, 7) is 19.2. The van der Waals surface area contributed by atoms with Crippen molar-refractivity contribution in [1.82, 2.24) is 0 Å². The average Bonchev–Trinajstić information content (AvgIpc) is 2.77. The minimum absolute atomic E-state index is 0. The van der Waals surface area contributed by atoms with Crippen LogP contribution in [0.25, 0.3) is 5.57 Å². The summed E-state index contributed by atoms with van der Waals surface area (Å²) in [7, 11) is 0. The van der Waals surface area contributed by atoms with E-state index in [9.17, 15) is 10.1 Å². The Bertz CT molecular complexity index is 836. The summed E-state index contributed by atoms with van der Waals surface area (Å²) < 4.78 is 0. The zero-order valence-corrected chi connectivity index (χ0v) is 19.6. The number of nitrogens with zero attached hydrogens (tertiary/aromatic N) is 1. The molecule has 5 atom stereocenters. The minimum Gasteiger partial charge on any atom is -0.299 e. The van der Waals surface area contributed by atoms with Crippen LogP contribution in [0.15, 0.2) is 43.0 Å². The van der Waals surface area contributed by atoms with E-state index >= 15 is 0 Å². The number of benzene rings is 1. The largest absolute Gasteiger partial charge is 0.299 e. The van der Waals surface area contributed by atoms with Crippen molar-refractivity contribution in [2.75, 3.05) is 0 Å². The molecule has 4 unspecified atom stereocenters. The third-order valence-corrected chi connectivity index (χ3v) is 7.65. The van der Waals surface area contributed by atoms with Crippen LogP contribution >= 0.6 is 0 Å². The first-order valence-corrected chi connectivity index (χ1v) is 11.6. The molecule has 0 spiro atoms. The van der Waals surface area contributed by atoms with Crippen molar-refractivity contribution < 1.29 is 6.22 Å². The average molecular weight is 424 g/mol. The first kappa shape index (κ1) is 26.9. The molecule has 0 bridgehead atoms. The Morgan fingerprint density at radius 2 is 2.00 bits per heavy atom. The van der Waals surface area contributed by atoms with Gasteiger partial charge in [-0.3, -0.25) is 4.79 Å². The van der Waals surface area contributed by atoms with Crippen LogP contribution in [0.5, 0.6) is 0 Å². The van der Waals surface area contributed by atoms with Crippen LogP contribution in [-0.4, -0.2) is 5.78 Å². The lowest BCUT2D eigenvalue weighted by molar-refractivity contribution is -0.125. The van der Waals surface area contributed by atoms with Crippen molar-refractivity contribution in [3.05, 3.63) is 54.1 Å². The molecule has 3 rings (SSSR count). The highest BCUT2D eigenvalue weighted by Gasteiger charge is 2.46. The molecule has 172 valence electrons. The van der Waals surface area contributed by atoms with Gasteiger partial charge in [-0.25, -0.2) is 0 Å². The maximum absolute atomic E-state index is 12.3. The van der Waals surface area contributed by atoms with Gasteiger partial charge in [0, 0.05) is 14.3 Å². The number of rotatable bonds is 4. The number of ketones is 1. The highest BCUT2D eigenvalue weighted by Crippen LogP contribution is 2.53. The fourth-order valence-corrected chi connectivity index (χ4v) is 5.43. The maximum Gasteiger partial charge on any atom is 0.137 e. The Morgan fingerprint density at radius 3 is 2.65 bits per heavy atom. The molecule has 2 heteroatoms. The molecule has 0 N–H and O–H groups in total. The Balaban J connectivity index is 0.00000234. The van der Waals surface area contributed by atoms with Crippen molar-refractivity contribution in [2.24, 2.45) is 23.2 Å². The van der Waals surface area contributed by atoms with E-state index in [-0.39, 0.29) is 20.2 Å². The lowest BCUT2D eigenvalue weighted by Gasteiger charge is -2.49. The summed E-state index contributed by atoms with van der Waals surface area (Å²) in [6, 6.07) is 10.6. The first-order chi connectivity index (χ1) is 14.3. The molecule has 31 heavy (non-hydrogen) atoms. The van der Waals surface area contributed by atoms with Gasteiger partial charge in [-0.2, -0.15) is 5.26 Å². The highest BCUT2D eigenvalue weighted by atomic mass is 16.1. The quantitative estimate of drug-likeness (QED) is 0.455. The van der Waals surface area contributed by atoms with Gasteiger partial charge < -0.3 is 0 Å². The molecule has 2 aliphatic rings. The Labute approximate surface area is 192 Å². The Kier molecular flexibility index (Phi) is 9.95. The third kappa shape index (κ3) is 5.76. The van der Waals surface area contributed by atoms with E-state index in [0.29, 0.717) is 36.4 Å². The smallest absolute Gasteiger partial charge is 0.137 e. The number of Topliss-reactive ketones (excluding diaryl/α,β-unsaturated/α-hetero) is 1. The van der Waals surface area contributed by atoms with Crippen LogP contribution in [0.3, 0.4) is 0 Å². The second kappa shape index (κ2) is 11.5. The van der Waals surface area contributed by atoms with Gasteiger partial charge >= 0.3 is 0 Å². The molecule has 0 radical (unpaired) electrons. The van der Waals surface area contributed by atoms with Gasteiger partial charge in [-0.1, -0.05) is 84.5 Å². The normalized spacial score (nSPS) is 29.0. The first-order valence-electron chi connectivity index (χ1n) is 11.6. The van der Waals surface area contributed by atoms with Gasteiger partial charge in [0.1, 0.15) is 5.78 Å². The number of carbonyl (C=O) groups excluding carboxylic acids is 1. The Hall–Kier alpha value is -2.14. The fourth-order valence-electron chi connectivity index (χ4n) is 5.43. The van der Waals surface area contributed by atoms with E-state index in [1.807, 2.05) is 32.9 Å². The summed E-state index contributed by atoms with van der Waals surface area (Å²) in [5.74, 6) is 1.61. The van der Waals surface area contributed by atoms with Crippen LogP contribution in [0.2, 0.25) is 0 Å². The van der Waals surface area contributed by atoms with Crippen molar-refractivity contribution in [2.45, 2.75) is 86.5 Å². The predicted molar refractivity (Wildman–Crippen MR) is 136 cm³/mol. The molecule has 0 saturated heterocycles. The summed E-state index contributed by atoms with van der Waals surface area (Å²) in [6.07, 6.45) is 5.88. The molecule has 2 aliphatic carbocycles. The molecular weight excluding hydrogens is 378 g/mol. The number of hydrogen-bond donors (Lipinski definition) is 0. The zero-order valence-electron chi connectivity index (χ0n) is 19.6. The van der Waals surface area contributed by atoms with Crippen LogP contribution in [0.4, 0.5) is 0 Å².